The minimum Gasteiger partial charge on any atom is -0.376 e. The van der Waals surface area contributed by atoms with Gasteiger partial charge >= 0.3 is 0 Å². The quantitative estimate of drug-likeness (QED) is 0.185. The van der Waals surface area contributed by atoms with Crippen LogP contribution in [-0.4, -0.2) is 52.2 Å². The van der Waals surface area contributed by atoms with E-state index in [4.69, 9.17) is 32.9 Å². The highest BCUT2D eigenvalue weighted by molar-refractivity contribution is 6.43. The van der Waals surface area contributed by atoms with Gasteiger partial charge in [-0.05, 0) is 80.5 Å². The first kappa shape index (κ1) is 34.5. The fourth-order valence-corrected chi connectivity index (χ4v) is 10.4. The number of aromatic nitrogens is 2. The summed E-state index contributed by atoms with van der Waals surface area (Å²) in [6.45, 7) is 6.61. The summed E-state index contributed by atoms with van der Waals surface area (Å²) in [7, 11) is 0. The topological polar surface area (TPSA) is 83.2 Å². The molecule has 10 heteroatoms. The Labute approximate surface area is 314 Å². The summed E-state index contributed by atoms with van der Waals surface area (Å²) in [4.78, 5) is 21.1. The highest BCUT2D eigenvalue weighted by Gasteiger charge is 2.51. The molecule has 2 aromatic carbocycles. The third-order valence-corrected chi connectivity index (χ3v) is 13.9. The van der Waals surface area contributed by atoms with Crippen molar-refractivity contribution in [3.05, 3.63) is 63.1 Å². The number of carbonyl (C=O) groups excluding carboxylic acids is 1. The lowest BCUT2D eigenvalue weighted by Crippen LogP contribution is -2.41. The number of nitrogens with one attached hydrogen (secondary N) is 1. The monoisotopic (exact) mass is 741 g/mol. The van der Waals surface area contributed by atoms with Crippen molar-refractivity contribution in [1.29, 1.82) is 5.26 Å². The van der Waals surface area contributed by atoms with E-state index < -0.39 is 5.82 Å². The van der Waals surface area contributed by atoms with Gasteiger partial charge in [-0.25, -0.2) is 9.37 Å². The van der Waals surface area contributed by atoms with Crippen LogP contribution in [0, 0.1) is 47.7 Å². The zero-order valence-corrected chi connectivity index (χ0v) is 31.4. The van der Waals surface area contributed by atoms with Crippen LogP contribution in [0.5, 0.6) is 0 Å². The molecule has 1 amide bonds. The number of likely N-dealkylation sites (tertiary alicyclic amines) is 1. The van der Waals surface area contributed by atoms with E-state index in [2.05, 4.69) is 33.8 Å². The van der Waals surface area contributed by atoms with Gasteiger partial charge in [-0.1, -0.05) is 61.5 Å². The number of hydrogen-bond donors (Lipinski definition) is 1. The van der Waals surface area contributed by atoms with Crippen LogP contribution < -0.4 is 5.32 Å². The molecule has 272 valence electrons. The summed E-state index contributed by atoms with van der Waals surface area (Å²) in [6, 6.07) is 12.1. The van der Waals surface area contributed by atoms with Gasteiger partial charge in [0, 0.05) is 71.2 Å². The number of pyridine rings is 1. The second-order valence-electron chi connectivity index (χ2n) is 16.3. The molecule has 1 N–H and O–H groups in total. The second-order valence-corrected chi connectivity index (χ2v) is 17.1. The number of carbonyl (C=O) groups is 1. The zero-order chi connectivity index (χ0) is 35.8. The van der Waals surface area contributed by atoms with E-state index in [1.807, 2.05) is 13.0 Å². The maximum absolute atomic E-state index is 17.2. The molecular weight excluding hydrogens is 696 g/mol. The minimum absolute atomic E-state index is 0.0273. The number of amides is 1. The van der Waals surface area contributed by atoms with Gasteiger partial charge < -0.3 is 19.5 Å². The third kappa shape index (κ3) is 5.73. The molecule has 3 saturated carbocycles. The highest BCUT2D eigenvalue weighted by atomic mass is 35.5. The molecule has 6 fully saturated rings. The van der Waals surface area contributed by atoms with Gasteiger partial charge in [0.15, 0.2) is 5.82 Å². The lowest BCUT2D eigenvalue weighted by atomic mass is 9.79. The summed E-state index contributed by atoms with van der Waals surface area (Å²) in [5, 5.41) is 15.7. The normalized spacial score (nSPS) is 28.5. The summed E-state index contributed by atoms with van der Waals surface area (Å²) in [6.07, 6.45) is 9.34. The van der Waals surface area contributed by atoms with E-state index in [9.17, 15) is 10.1 Å². The molecule has 0 radical (unpaired) electrons. The second kappa shape index (κ2) is 13.6. The number of aryl methyl sites for hydroxylation is 2. The molecular formula is C42H46Cl2FN5O2. The zero-order valence-electron chi connectivity index (χ0n) is 29.9. The molecule has 10 rings (SSSR count). The van der Waals surface area contributed by atoms with E-state index in [1.165, 1.54) is 25.7 Å². The van der Waals surface area contributed by atoms with Crippen molar-refractivity contribution in [1.82, 2.24) is 19.8 Å². The Hall–Kier alpha value is -3.22. The van der Waals surface area contributed by atoms with Gasteiger partial charge in [-0.2, -0.15) is 5.26 Å². The molecule has 6 aliphatic rings. The Bertz CT molecular complexity index is 2110. The van der Waals surface area contributed by atoms with Crippen LogP contribution in [0.25, 0.3) is 32.9 Å². The molecule has 3 aliphatic heterocycles. The number of benzene rings is 2. The van der Waals surface area contributed by atoms with Crippen molar-refractivity contribution in [2.45, 2.75) is 102 Å². The van der Waals surface area contributed by atoms with Crippen molar-refractivity contribution in [2.75, 3.05) is 19.7 Å². The average molecular weight is 743 g/mol. The first-order valence-corrected chi connectivity index (χ1v) is 20.1. The van der Waals surface area contributed by atoms with Gasteiger partial charge in [0.25, 0.3) is 0 Å². The number of nitrogens with zero attached hydrogens (tertiary/aromatic N) is 4. The lowest BCUT2D eigenvalue weighted by molar-refractivity contribution is -0.134. The van der Waals surface area contributed by atoms with Crippen molar-refractivity contribution in [2.24, 2.45) is 23.7 Å². The molecule has 5 heterocycles. The summed E-state index contributed by atoms with van der Waals surface area (Å²) < 4.78 is 26.4. The predicted octanol–water partition coefficient (Wildman–Crippen LogP) is 9.49. The van der Waals surface area contributed by atoms with Gasteiger partial charge in [0.2, 0.25) is 5.91 Å². The SMILES string of the molecule is Cc1nc2c(F)c(-c3cccc(Cl)c3Cl)c(CCC#N)cc2c2c1cc(C1CC(OCC3CCCCC3C)CN1C(=O)C1CC1)n2C1C2CNC1C2. The number of nitriles is 1. The predicted molar refractivity (Wildman–Crippen MR) is 203 cm³/mol. The van der Waals surface area contributed by atoms with Crippen molar-refractivity contribution >= 4 is 50.9 Å². The molecule has 4 aromatic rings. The van der Waals surface area contributed by atoms with Gasteiger partial charge in [0.1, 0.15) is 5.52 Å². The van der Waals surface area contributed by atoms with Crippen LogP contribution in [0.3, 0.4) is 0 Å². The molecule has 2 aromatic heterocycles. The molecule has 3 aliphatic carbocycles. The van der Waals surface area contributed by atoms with Crippen molar-refractivity contribution < 1.29 is 13.9 Å². The highest BCUT2D eigenvalue weighted by Crippen LogP contribution is 2.51. The minimum atomic E-state index is -0.458. The first-order chi connectivity index (χ1) is 25.2. The van der Waals surface area contributed by atoms with Crippen LogP contribution in [0.1, 0.15) is 93.7 Å². The average Bonchev–Trinajstić information content (AvgIpc) is 3.43. The Kier molecular flexibility index (Phi) is 9.01. The number of fused-ring (bicyclic) bond motifs is 4. The smallest absolute Gasteiger partial charge is 0.226 e. The standard InChI is InChI=1S/C42H46Cl2FN5O2/c1-22-7-3-4-8-26(22)21-52-28-17-34(49(20-28)42(51)24-12-13-24)35-18-30-23(2)48-39-31(41(30)50(35)40-27-16-33(40)47-19-27)15-25(9-6-14-46)36(38(39)45)29-10-5-11-32(43)37(29)44/h5,10-11,15,18,22,24,26-28,33-34,40,47H,3-4,6-9,12-13,16-17,19-21H2,1-2H3. The number of rotatable bonds is 9. The van der Waals surface area contributed by atoms with Gasteiger partial charge in [0.05, 0.1) is 46.4 Å². The number of hydrogen-bond acceptors (Lipinski definition) is 5. The Balaban J connectivity index is 1.21. The number of halogens is 3. The molecule has 3 saturated heterocycles. The van der Waals surface area contributed by atoms with E-state index >= 15 is 4.39 Å². The number of ether oxygens (including phenoxy) is 1. The van der Waals surface area contributed by atoms with Crippen LogP contribution in [0.4, 0.5) is 4.39 Å². The largest absolute Gasteiger partial charge is 0.376 e. The van der Waals surface area contributed by atoms with Gasteiger partial charge in [-0.15, -0.1) is 0 Å². The van der Waals surface area contributed by atoms with Crippen LogP contribution in [0.2, 0.25) is 10.0 Å². The fourth-order valence-electron chi connectivity index (χ4n) is 10.0. The summed E-state index contributed by atoms with van der Waals surface area (Å²) >= 11 is 13.1. The molecule has 7 nitrogen and oxygen atoms in total. The van der Waals surface area contributed by atoms with E-state index in [0.29, 0.717) is 58.5 Å². The van der Waals surface area contributed by atoms with E-state index in [0.717, 1.165) is 66.5 Å². The van der Waals surface area contributed by atoms with Crippen LogP contribution in [-0.2, 0) is 16.0 Å². The van der Waals surface area contributed by atoms with Gasteiger partial charge in [-0.3, -0.25) is 4.79 Å². The molecule has 0 spiro atoms. The summed E-state index contributed by atoms with van der Waals surface area (Å²) in [5.41, 5.74) is 4.61. The summed E-state index contributed by atoms with van der Waals surface area (Å²) in [5.74, 6) is 1.56. The van der Waals surface area contributed by atoms with Crippen LogP contribution in [0.15, 0.2) is 30.3 Å². The third-order valence-electron chi connectivity index (χ3n) is 13.1. The van der Waals surface area contributed by atoms with Crippen molar-refractivity contribution in [3.63, 3.8) is 0 Å². The van der Waals surface area contributed by atoms with E-state index in [-0.39, 0.29) is 47.0 Å². The Morgan fingerprint density at radius 2 is 1.96 bits per heavy atom. The Morgan fingerprint density at radius 1 is 1.13 bits per heavy atom. The maximum atomic E-state index is 17.2. The molecule has 2 bridgehead atoms. The first-order valence-electron chi connectivity index (χ1n) is 19.4. The Morgan fingerprint density at radius 3 is 2.69 bits per heavy atom. The van der Waals surface area contributed by atoms with Crippen molar-refractivity contribution in [3.8, 4) is 17.2 Å². The lowest BCUT2D eigenvalue weighted by Gasteiger charge is -2.39. The fraction of sp³-hybridized carbons (Fsp3) is 0.548. The maximum Gasteiger partial charge on any atom is 0.226 e. The van der Waals surface area contributed by atoms with Crippen LogP contribution >= 0.6 is 23.2 Å². The van der Waals surface area contributed by atoms with E-state index in [1.54, 1.807) is 18.2 Å². The molecule has 7 atom stereocenters. The molecule has 7 unspecified atom stereocenters. The molecule has 52 heavy (non-hydrogen) atoms.